The number of fused-ring (bicyclic) bond motifs is 1. The van der Waals surface area contributed by atoms with Gasteiger partial charge in [0.25, 0.3) is 0 Å². The van der Waals surface area contributed by atoms with Gasteiger partial charge in [-0.3, -0.25) is 0 Å². The molecule has 35 heavy (non-hydrogen) atoms. The van der Waals surface area contributed by atoms with Crippen LogP contribution in [0.3, 0.4) is 0 Å². The summed E-state index contributed by atoms with van der Waals surface area (Å²) >= 11 is 0. The number of hydrogen-bond acceptors (Lipinski definition) is 6. The number of rotatable bonds is 5. The molecule has 7 nitrogen and oxygen atoms in total. The van der Waals surface area contributed by atoms with Gasteiger partial charge >= 0.3 is 0 Å². The first-order chi connectivity index (χ1) is 16.8. The zero-order valence-electron chi connectivity index (χ0n) is 19.4. The van der Waals surface area contributed by atoms with Crippen molar-refractivity contribution >= 4 is 16.0 Å². The van der Waals surface area contributed by atoms with Crippen molar-refractivity contribution in [3.8, 4) is 11.6 Å². The van der Waals surface area contributed by atoms with E-state index >= 15 is 0 Å². The fraction of sp³-hybridized carbons (Fsp3) is 0.360. The standard InChI is InChI=1S/C25H26F2N4O3S/c1-17-15-19(7-10-22(17)27)34-24-21-16-31(35(32,33)20-8-5-18(26)6-9-20)14-11-23(21)28-25(29-24)30-12-3-2-4-13-30/h5-10,15H,2-4,11-14,16H2,1H3. The van der Waals surface area contributed by atoms with E-state index < -0.39 is 15.8 Å². The van der Waals surface area contributed by atoms with E-state index in [1.807, 2.05) is 0 Å². The number of ether oxygens (including phenoxy) is 1. The second-order valence-corrected chi connectivity index (χ2v) is 10.8. The molecule has 5 rings (SSSR count). The molecule has 0 spiro atoms. The third-order valence-electron chi connectivity index (χ3n) is 6.41. The molecular weight excluding hydrogens is 474 g/mol. The molecule has 0 atom stereocenters. The molecule has 2 aromatic carbocycles. The van der Waals surface area contributed by atoms with E-state index in [-0.39, 0.29) is 29.7 Å². The van der Waals surface area contributed by atoms with Gasteiger partial charge in [-0.15, -0.1) is 0 Å². The van der Waals surface area contributed by atoms with Crippen LogP contribution in [0.2, 0.25) is 0 Å². The van der Waals surface area contributed by atoms with Gasteiger partial charge in [-0.25, -0.2) is 22.2 Å². The molecule has 1 fully saturated rings. The molecule has 0 amide bonds. The molecule has 3 heterocycles. The van der Waals surface area contributed by atoms with Crippen molar-refractivity contribution in [2.75, 3.05) is 24.5 Å². The Balaban J connectivity index is 1.52. The van der Waals surface area contributed by atoms with E-state index in [9.17, 15) is 17.2 Å². The van der Waals surface area contributed by atoms with Gasteiger partial charge in [-0.05, 0) is 74.2 Å². The highest BCUT2D eigenvalue weighted by Crippen LogP contribution is 2.34. The van der Waals surface area contributed by atoms with Crippen LogP contribution in [0.1, 0.15) is 36.1 Å². The molecule has 10 heteroatoms. The van der Waals surface area contributed by atoms with Gasteiger partial charge in [-0.2, -0.15) is 9.29 Å². The molecule has 2 aliphatic heterocycles. The maximum absolute atomic E-state index is 13.8. The highest BCUT2D eigenvalue weighted by atomic mass is 32.2. The Labute approximate surface area is 203 Å². The van der Waals surface area contributed by atoms with Crippen molar-refractivity contribution in [1.82, 2.24) is 14.3 Å². The van der Waals surface area contributed by atoms with Crippen LogP contribution in [0.25, 0.3) is 0 Å². The average Bonchev–Trinajstić information content (AvgIpc) is 2.86. The first kappa shape index (κ1) is 23.6. The predicted molar refractivity (Wildman–Crippen MR) is 127 cm³/mol. The van der Waals surface area contributed by atoms with Gasteiger partial charge in [0, 0.05) is 32.6 Å². The van der Waals surface area contributed by atoms with Crippen LogP contribution < -0.4 is 9.64 Å². The highest BCUT2D eigenvalue weighted by Gasteiger charge is 2.32. The zero-order chi connectivity index (χ0) is 24.6. The second-order valence-electron chi connectivity index (χ2n) is 8.86. The Morgan fingerprint density at radius 2 is 1.69 bits per heavy atom. The summed E-state index contributed by atoms with van der Waals surface area (Å²) < 4.78 is 61.1. The molecule has 1 saturated heterocycles. The topological polar surface area (TPSA) is 75.6 Å². The van der Waals surface area contributed by atoms with Crippen LogP contribution >= 0.6 is 0 Å². The average molecular weight is 501 g/mol. The molecular formula is C25H26F2N4O3S. The minimum absolute atomic E-state index is 0.0184. The lowest BCUT2D eigenvalue weighted by Gasteiger charge is -2.31. The van der Waals surface area contributed by atoms with Gasteiger partial charge < -0.3 is 9.64 Å². The van der Waals surface area contributed by atoms with E-state index in [4.69, 9.17) is 9.72 Å². The van der Waals surface area contributed by atoms with Crippen LogP contribution in [0, 0.1) is 18.6 Å². The van der Waals surface area contributed by atoms with Crippen molar-refractivity contribution in [2.24, 2.45) is 0 Å². The molecule has 3 aromatic rings. The Morgan fingerprint density at radius 1 is 0.943 bits per heavy atom. The number of anilines is 1. The molecule has 1 aromatic heterocycles. The number of benzene rings is 2. The number of nitrogens with zero attached hydrogens (tertiary/aromatic N) is 4. The first-order valence-corrected chi connectivity index (χ1v) is 13.1. The van der Waals surface area contributed by atoms with Gasteiger partial charge in [0.2, 0.25) is 21.9 Å². The summed E-state index contributed by atoms with van der Waals surface area (Å²) in [6.45, 7) is 3.59. The molecule has 2 aliphatic rings. The summed E-state index contributed by atoms with van der Waals surface area (Å²) in [5, 5.41) is 0. The Bertz CT molecular complexity index is 1340. The van der Waals surface area contributed by atoms with E-state index in [1.54, 1.807) is 13.0 Å². The highest BCUT2D eigenvalue weighted by molar-refractivity contribution is 7.89. The predicted octanol–water partition coefficient (Wildman–Crippen LogP) is 4.59. The van der Waals surface area contributed by atoms with Crippen molar-refractivity contribution < 1.29 is 21.9 Å². The summed E-state index contributed by atoms with van der Waals surface area (Å²) in [4.78, 5) is 11.6. The fourth-order valence-electron chi connectivity index (χ4n) is 4.42. The van der Waals surface area contributed by atoms with Gasteiger partial charge in [0.05, 0.1) is 16.2 Å². The largest absolute Gasteiger partial charge is 0.438 e. The maximum Gasteiger partial charge on any atom is 0.243 e. The Morgan fingerprint density at radius 3 is 2.40 bits per heavy atom. The Kier molecular flexibility index (Phi) is 6.41. The van der Waals surface area contributed by atoms with E-state index in [1.165, 1.54) is 28.6 Å². The van der Waals surface area contributed by atoms with Gasteiger partial charge in [-0.1, -0.05) is 0 Å². The lowest BCUT2D eigenvalue weighted by Crippen LogP contribution is -2.37. The normalized spacial score (nSPS) is 16.7. The van der Waals surface area contributed by atoms with Crippen LogP contribution in [-0.2, 0) is 23.0 Å². The maximum atomic E-state index is 13.8. The van der Waals surface area contributed by atoms with E-state index in [2.05, 4.69) is 9.88 Å². The van der Waals surface area contributed by atoms with Crippen molar-refractivity contribution in [2.45, 2.75) is 44.0 Å². The molecule has 0 unspecified atom stereocenters. The van der Waals surface area contributed by atoms with Crippen LogP contribution in [0.5, 0.6) is 11.6 Å². The van der Waals surface area contributed by atoms with Gasteiger partial charge in [0.1, 0.15) is 17.4 Å². The lowest BCUT2D eigenvalue weighted by molar-refractivity contribution is 0.368. The fourth-order valence-corrected chi connectivity index (χ4v) is 5.83. The molecule has 0 bridgehead atoms. The van der Waals surface area contributed by atoms with Crippen LogP contribution in [0.15, 0.2) is 47.4 Å². The summed E-state index contributed by atoms with van der Waals surface area (Å²) in [7, 11) is -3.86. The van der Waals surface area contributed by atoms with Crippen molar-refractivity contribution in [3.05, 3.63) is 70.9 Å². The van der Waals surface area contributed by atoms with E-state index in [0.29, 0.717) is 29.2 Å². The van der Waals surface area contributed by atoms with Crippen LogP contribution in [0.4, 0.5) is 14.7 Å². The SMILES string of the molecule is Cc1cc(Oc2nc(N3CCCCC3)nc3c2CN(S(=O)(=O)c2ccc(F)cc2)CC3)ccc1F. The number of hydrogen-bond donors (Lipinski definition) is 0. The third kappa shape index (κ3) is 4.85. The minimum atomic E-state index is -3.86. The number of sulfonamides is 1. The first-order valence-electron chi connectivity index (χ1n) is 11.7. The van der Waals surface area contributed by atoms with Gasteiger partial charge in [0.15, 0.2) is 0 Å². The molecule has 0 radical (unpaired) electrons. The number of piperidine rings is 1. The molecule has 0 N–H and O–H groups in total. The summed E-state index contributed by atoms with van der Waals surface area (Å²) in [5.74, 6) is 0.394. The third-order valence-corrected chi connectivity index (χ3v) is 8.27. The monoisotopic (exact) mass is 500 g/mol. The summed E-state index contributed by atoms with van der Waals surface area (Å²) in [5.41, 5.74) is 1.74. The molecule has 184 valence electrons. The van der Waals surface area contributed by atoms with E-state index in [0.717, 1.165) is 50.2 Å². The second kappa shape index (κ2) is 9.50. The zero-order valence-corrected chi connectivity index (χ0v) is 20.2. The van der Waals surface area contributed by atoms with Crippen LogP contribution in [-0.4, -0.2) is 42.3 Å². The minimum Gasteiger partial charge on any atom is -0.438 e. The number of halogens is 2. The van der Waals surface area contributed by atoms with Crippen molar-refractivity contribution in [3.63, 3.8) is 0 Å². The summed E-state index contributed by atoms with van der Waals surface area (Å²) in [6.07, 6.45) is 3.66. The van der Waals surface area contributed by atoms with Crippen molar-refractivity contribution in [1.29, 1.82) is 0 Å². The lowest BCUT2D eigenvalue weighted by atomic mass is 10.1. The Hall–Kier alpha value is -3.11. The number of aromatic nitrogens is 2. The summed E-state index contributed by atoms with van der Waals surface area (Å²) in [6, 6.07) is 9.21. The smallest absolute Gasteiger partial charge is 0.243 e. The number of aryl methyl sites for hydroxylation is 1. The molecule has 0 aliphatic carbocycles. The molecule has 0 saturated carbocycles. The quantitative estimate of drug-likeness (QED) is 0.510.